The van der Waals surface area contributed by atoms with Gasteiger partial charge in [-0.2, -0.15) is 0 Å². The molecule has 5 heteroatoms. The average molecular weight is 251 g/mol. The van der Waals surface area contributed by atoms with E-state index in [-0.39, 0.29) is 6.61 Å². The Hall–Kier alpha value is -1.65. The summed E-state index contributed by atoms with van der Waals surface area (Å²) in [6.45, 7) is 1.73. The van der Waals surface area contributed by atoms with Crippen LogP contribution >= 0.6 is 11.6 Å². The molecule has 0 aliphatic rings. The Bertz CT molecular complexity index is 532. The zero-order chi connectivity index (χ0) is 12.3. The van der Waals surface area contributed by atoms with Crippen LogP contribution in [0.3, 0.4) is 0 Å². The molecule has 0 amide bonds. The summed E-state index contributed by atoms with van der Waals surface area (Å²) in [4.78, 5) is 7.80. The summed E-state index contributed by atoms with van der Waals surface area (Å²) in [6, 6.07) is 5.31. The highest BCUT2D eigenvalue weighted by molar-refractivity contribution is 6.30. The summed E-state index contributed by atoms with van der Waals surface area (Å²) in [5.41, 5.74) is 1.45. The third-order valence-electron chi connectivity index (χ3n) is 2.26. The van der Waals surface area contributed by atoms with E-state index in [2.05, 4.69) is 9.97 Å². The van der Waals surface area contributed by atoms with Gasteiger partial charge in [0.15, 0.2) is 0 Å². The van der Waals surface area contributed by atoms with Crippen molar-refractivity contribution in [1.82, 2.24) is 9.97 Å². The van der Waals surface area contributed by atoms with Crippen LogP contribution in [0.15, 0.2) is 30.7 Å². The summed E-state index contributed by atoms with van der Waals surface area (Å²) in [6.07, 6.45) is 2.90. The molecule has 2 aromatic rings. The second-order valence-corrected chi connectivity index (χ2v) is 3.96. The number of benzene rings is 1. The minimum atomic E-state index is -0.164. The van der Waals surface area contributed by atoms with Crippen LogP contribution in [0.4, 0.5) is 0 Å². The molecule has 17 heavy (non-hydrogen) atoms. The van der Waals surface area contributed by atoms with E-state index in [1.54, 1.807) is 18.2 Å². The Balaban J connectivity index is 2.31. The molecular formula is C12H11ClN2O2. The van der Waals surface area contributed by atoms with Crippen LogP contribution in [0.1, 0.15) is 11.1 Å². The molecule has 1 aromatic heterocycles. The van der Waals surface area contributed by atoms with E-state index in [9.17, 15) is 0 Å². The molecule has 0 spiro atoms. The average Bonchev–Trinajstić information content (AvgIpc) is 2.33. The van der Waals surface area contributed by atoms with E-state index in [1.807, 2.05) is 6.92 Å². The smallest absolute Gasteiger partial charge is 0.227 e. The molecule has 0 bridgehead atoms. The van der Waals surface area contributed by atoms with Gasteiger partial charge in [0.1, 0.15) is 12.1 Å². The third kappa shape index (κ3) is 2.72. The van der Waals surface area contributed by atoms with Crippen molar-refractivity contribution >= 4 is 11.6 Å². The van der Waals surface area contributed by atoms with Crippen molar-refractivity contribution in [3.8, 4) is 11.6 Å². The number of nitrogens with zero attached hydrogens (tertiary/aromatic N) is 2. The maximum Gasteiger partial charge on any atom is 0.227 e. The molecule has 0 unspecified atom stereocenters. The van der Waals surface area contributed by atoms with Crippen molar-refractivity contribution in [2.45, 2.75) is 13.5 Å². The van der Waals surface area contributed by atoms with Crippen LogP contribution in [0.5, 0.6) is 11.6 Å². The Morgan fingerprint density at radius 2 is 2.24 bits per heavy atom. The number of rotatable bonds is 3. The monoisotopic (exact) mass is 250 g/mol. The summed E-state index contributed by atoms with van der Waals surface area (Å²) in [7, 11) is 0. The van der Waals surface area contributed by atoms with Crippen molar-refractivity contribution in [1.29, 1.82) is 0 Å². The van der Waals surface area contributed by atoms with Crippen LogP contribution in [-0.2, 0) is 6.61 Å². The fraction of sp³-hybridized carbons (Fsp3) is 0.167. The van der Waals surface area contributed by atoms with Crippen molar-refractivity contribution in [2.24, 2.45) is 0 Å². The molecule has 0 aliphatic carbocycles. The predicted octanol–water partition coefficient (Wildman–Crippen LogP) is 2.72. The van der Waals surface area contributed by atoms with E-state index >= 15 is 0 Å². The zero-order valence-corrected chi connectivity index (χ0v) is 9.98. The maximum absolute atomic E-state index is 9.13. The number of ether oxygens (including phenoxy) is 1. The normalized spacial score (nSPS) is 10.3. The molecule has 0 saturated heterocycles. The molecule has 0 atom stereocenters. The first-order chi connectivity index (χ1) is 8.20. The van der Waals surface area contributed by atoms with Crippen molar-refractivity contribution < 1.29 is 9.84 Å². The van der Waals surface area contributed by atoms with Gasteiger partial charge in [-0.05, 0) is 30.7 Å². The molecule has 0 saturated carbocycles. The first-order valence-corrected chi connectivity index (χ1v) is 5.42. The predicted molar refractivity (Wildman–Crippen MR) is 64.2 cm³/mol. The topological polar surface area (TPSA) is 55.2 Å². The lowest BCUT2D eigenvalue weighted by molar-refractivity contribution is 0.274. The summed E-state index contributed by atoms with van der Waals surface area (Å²) < 4.78 is 5.62. The molecular weight excluding hydrogens is 240 g/mol. The molecule has 0 radical (unpaired) electrons. The Morgan fingerprint density at radius 1 is 1.41 bits per heavy atom. The fourth-order valence-electron chi connectivity index (χ4n) is 1.38. The summed E-state index contributed by atoms with van der Waals surface area (Å²) >= 11 is 5.86. The SMILES string of the molecule is Cc1cc(Cl)ccc1Oc1ncncc1CO. The highest BCUT2D eigenvalue weighted by Gasteiger charge is 2.07. The first kappa shape index (κ1) is 11.8. The van der Waals surface area contributed by atoms with Gasteiger partial charge in [0.2, 0.25) is 5.88 Å². The van der Waals surface area contributed by atoms with Gasteiger partial charge in [-0.25, -0.2) is 9.97 Å². The summed E-state index contributed by atoms with van der Waals surface area (Å²) in [5.74, 6) is 1.01. The van der Waals surface area contributed by atoms with Crippen molar-refractivity contribution in [3.63, 3.8) is 0 Å². The quantitative estimate of drug-likeness (QED) is 0.910. The molecule has 4 nitrogen and oxygen atoms in total. The number of hydrogen-bond acceptors (Lipinski definition) is 4. The van der Waals surface area contributed by atoms with Gasteiger partial charge in [0, 0.05) is 11.2 Å². The van der Waals surface area contributed by atoms with Gasteiger partial charge in [-0.15, -0.1) is 0 Å². The Labute approximate surface area is 104 Å². The van der Waals surface area contributed by atoms with Gasteiger partial charge in [-0.3, -0.25) is 0 Å². The Morgan fingerprint density at radius 3 is 2.94 bits per heavy atom. The van der Waals surface area contributed by atoms with Crippen LogP contribution < -0.4 is 4.74 Å². The highest BCUT2D eigenvalue weighted by atomic mass is 35.5. The minimum absolute atomic E-state index is 0.164. The van der Waals surface area contributed by atoms with E-state index in [0.717, 1.165) is 5.56 Å². The number of hydrogen-bond donors (Lipinski definition) is 1. The number of halogens is 1. The van der Waals surface area contributed by atoms with E-state index in [0.29, 0.717) is 22.2 Å². The summed E-state index contributed by atoms with van der Waals surface area (Å²) in [5, 5.41) is 9.78. The molecule has 2 rings (SSSR count). The lowest BCUT2D eigenvalue weighted by atomic mass is 10.2. The number of aryl methyl sites for hydroxylation is 1. The second kappa shape index (κ2) is 5.12. The molecule has 0 aliphatic heterocycles. The molecule has 1 aromatic carbocycles. The number of aliphatic hydroxyl groups is 1. The molecule has 0 fully saturated rings. The van der Waals surface area contributed by atoms with Gasteiger partial charge >= 0.3 is 0 Å². The largest absolute Gasteiger partial charge is 0.438 e. The van der Waals surface area contributed by atoms with E-state index in [4.69, 9.17) is 21.4 Å². The van der Waals surface area contributed by atoms with Gasteiger partial charge in [0.25, 0.3) is 0 Å². The van der Waals surface area contributed by atoms with E-state index < -0.39 is 0 Å². The van der Waals surface area contributed by atoms with Crippen molar-refractivity contribution in [3.05, 3.63) is 46.9 Å². The molecule has 1 heterocycles. The van der Waals surface area contributed by atoms with Gasteiger partial charge < -0.3 is 9.84 Å². The number of aromatic nitrogens is 2. The first-order valence-electron chi connectivity index (χ1n) is 5.04. The van der Waals surface area contributed by atoms with Crippen LogP contribution in [-0.4, -0.2) is 15.1 Å². The van der Waals surface area contributed by atoms with Gasteiger partial charge in [-0.1, -0.05) is 11.6 Å². The molecule has 88 valence electrons. The maximum atomic E-state index is 9.13. The lowest BCUT2D eigenvalue weighted by Gasteiger charge is -2.10. The second-order valence-electron chi connectivity index (χ2n) is 3.52. The van der Waals surface area contributed by atoms with Crippen LogP contribution in [0.2, 0.25) is 5.02 Å². The minimum Gasteiger partial charge on any atom is -0.438 e. The van der Waals surface area contributed by atoms with Crippen molar-refractivity contribution in [2.75, 3.05) is 0 Å². The lowest BCUT2D eigenvalue weighted by Crippen LogP contribution is -1.96. The zero-order valence-electron chi connectivity index (χ0n) is 9.22. The third-order valence-corrected chi connectivity index (χ3v) is 2.50. The van der Waals surface area contributed by atoms with Crippen LogP contribution in [0.25, 0.3) is 0 Å². The highest BCUT2D eigenvalue weighted by Crippen LogP contribution is 2.27. The van der Waals surface area contributed by atoms with Gasteiger partial charge in [0.05, 0.1) is 12.2 Å². The number of aliphatic hydroxyl groups excluding tert-OH is 1. The Kier molecular flexibility index (Phi) is 3.56. The van der Waals surface area contributed by atoms with Crippen LogP contribution in [0, 0.1) is 6.92 Å². The fourth-order valence-corrected chi connectivity index (χ4v) is 1.61. The van der Waals surface area contributed by atoms with E-state index in [1.165, 1.54) is 12.5 Å². The standard InChI is InChI=1S/C12H11ClN2O2/c1-8-4-10(13)2-3-11(8)17-12-9(6-16)5-14-7-15-12/h2-5,7,16H,6H2,1H3. The molecule has 1 N–H and O–H groups in total.